The van der Waals surface area contributed by atoms with E-state index in [1.165, 1.54) is 18.2 Å². The van der Waals surface area contributed by atoms with Crippen LogP contribution >= 0.6 is 11.6 Å². The van der Waals surface area contributed by atoms with Crippen LogP contribution in [0.5, 0.6) is 0 Å². The molecule has 0 aliphatic carbocycles. The lowest BCUT2D eigenvalue weighted by Crippen LogP contribution is -2.12. The molecule has 1 heterocycles. The number of anilines is 1. The molecular weight excluding hydrogens is 341 g/mol. The van der Waals surface area contributed by atoms with Crippen LogP contribution in [0.4, 0.5) is 10.1 Å². The van der Waals surface area contributed by atoms with E-state index >= 15 is 0 Å². The van der Waals surface area contributed by atoms with Gasteiger partial charge in [-0.05, 0) is 49.7 Å². The summed E-state index contributed by atoms with van der Waals surface area (Å²) in [7, 11) is 0. The maximum atomic E-state index is 13.2. The van der Waals surface area contributed by atoms with Gasteiger partial charge in [0.15, 0.2) is 0 Å². The molecule has 0 bridgehead atoms. The summed E-state index contributed by atoms with van der Waals surface area (Å²) in [5.74, 6) is 0.0533. The molecule has 4 nitrogen and oxygen atoms in total. The number of rotatable bonds is 4. The predicted molar refractivity (Wildman–Crippen MR) is 96.6 cm³/mol. The van der Waals surface area contributed by atoms with Gasteiger partial charge in [-0.3, -0.25) is 4.79 Å². The summed E-state index contributed by atoms with van der Waals surface area (Å²) >= 11 is 5.72. The SMILES string of the molecule is Cc1nccn1[C@@H](C)c1ccc(NC(=O)c2ccc(F)c(Cl)c2)cc1. The Morgan fingerprint density at radius 3 is 2.56 bits per heavy atom. The maximum Gasteiger partial charge on any atom is 0.255 e. The molecule has 0 saturated carbocycles. The summed E-state index contributed by atoms with van der Waals surface area (Å²) in [4.78, 5) is 16.5. The number of carbonyl (C=O) groups is 1. The Kier molecular flexibility index (Phi) is 4.86. The van der Waals surface area contributed by atoms with Gasteiger partial charge >= 0.3 is 0 Å². The second-order valence-corrected chi connectivity index (χ2v) is 6.17. The van der Waals surface area contributed by atoms with Gasteiger partial charge in [-0.2, -0.15) is 0 Å². The molecule has 0 radical (unpaired) electrons. The van der Waals surface area contributed by atoms with Gasteiger partial charge in [-0.15, -0.1) is 0 Å². The van der Waals surface area contributed by atoms with Crippen molar-refractivity contribution in [2.75, 3.05) is 5.32 Å². The largest absolute Gasteiger partial charge is 0.328 e. The van der Waals surface area contributed by atoms with Crippen molar-refractivity contribution in [2.45, 2.75) is 19.9 Å². The van der Waals surface area contributed by atoms with Crippen LogP contribution in [0.3, 0.4) is 0 Å². The molecule has 0 spiro atoms. The molecule has 0 saturated heterocycles. The number of halogens is 2. The molecule has 1 atom stereocenters. The number of benzene rings is 2. The van der Waals surface area contributed by atoms with Crippen molar-refractivity contribution in [3.05, 3.63) is 82.6 Å². The first-order valence-electron chi connectivity index (χ1n) is 7.81. The van der Waals surface area contributed by atoms with Crippen LogP contribution in [0.1, 0.15) is 34.7 Å². The molecule has 0 aliphatic rings. The van der Waals surface area contributed by atoms with Crippen molar-refractivity contribution in [1.29, 1.82) is 0 Å². The van der Waals surface area contributed by atoms with E-state index in [0.29, 0.717) is 11.3 Å². The molecule has 2 aromatic carbocycles. The van der Waals surface area contributed by atoms with Crippen LogP contribution in [0, 0.1) is 12.7 Å². The number of nitrogens with zero attached hydrogens (tertiary/aromatic N) is 2. The molecule has 1 aromatic heterocycles. The Morgan fingerprint density at radius 1 is 1.24 bits per heavy atom. The molecule has 128 valence electrons. The number of carbonyl (C=O) groups excluding carboxylic acids is 1. The van der Waals surface area contributed by atoms with E-state index in [2.05, 4.69) is 21.8 Å². The van der Waals surface area contributed by atoms with E-state index in [-0.39, 0.29) is 17.0 Å². The Bertz CT molecular complexity index is 905. The molecule has 1 amide bonds. The third-order valence-electron chi connectivity index (χ3n) is 4.11. The lowest BCUT2D eigenvalue weighted by atomic mass is 10.1. The summed E-state index contributed by atoms with van der Waals surface area (Å²) in [5.41, 5.74) is 2.06. The van der Waals surface area contributed by atoms with Crippen molar-refractivity contribution < 1.29 is 9.18 Å². The number of aromatic nitrogens is 2. The molecular formula is C19H17ClFN3O. The van der Waals surface area contributed by atoms with E-state index in [9.17, 15) is 9.18 Å². The molecule has 0 aliphatic heterocycles. The van der Waals surface area contributed by atoms with Gasteiger partial charge in [0.2, 0.25) is 0 Å². The Hall–Kier alpha value is -2.66. The fourth-order valence-electron chi connectivity index (χ4n) is 2.64. The number of nitrogens with one attached hydrogen (secondary N) is 1. The van der Waals surface area contributed by atoms with E-state index in [1.807, 2.05) is 37.4 Å². The summed E-state index contributed by atoms with van der Waals surface area (Å²) in [5, 5.41) is 2.70. The highest BCUT2D eigenvalue weighted by atomic mass is 35.5. The molecule has 1 N–H and O–H groups in total. The zero-order valence-corrected chi connectivity index (χ0v) is 14.6. The number of hydrogen-bond acceptors (Lipinski definition) is 2. The average Bonchev–Trinajstić information content (AvgIpc) is 3.03. The summed E-state index contributed by atoms with van der Waals surface area (Å²) in [6.07, 6.45) is 3.71. The molecule has 3 rings (SSSR count). The van der Waals surface area contributed by atoms with E-state index < -0.39 is 5.82 Å². The third kappa shape index (κ3) is 3.72. The second-order valence-electron chi connectivity index (χ2n) is 5.76. The number of hydrogen-bond donors (Lipinski definition) is 1. The minimum atomic E-state index is -0.550. The summed E-state index contributed by atoms with van der Waals surface area (Å²) < 4.78 is 15.3. The number of amides is 1. The first kappa shape index (κ1) is 17.2. The van der Waals surface area contributed by atoms with Gasteiger partial charge in [-0.25, -0.2) is 9.37 Å². The number of imidazole rings is 1. The van der Waals surface area contributed by atoms with Gasteiger partial charge in [0.25, 0.3) is 5.91 Å². The monoisotopic (exact) mass is 357 g/mol. The standard InChI is InChI=1S/C19H17ClFN3O/c1-12(24-10-9-22-13(24)2)14-3-6-16(7-4-14)23-19(25)15-5-8-18(21)17(20)11-15/h3-12H,1-2H3,(H,23,25)/t12-/m0/s1. The van der Waals surface area contributed by atoms with Crippen LogP contribution in [-0.2, 0) is 0 Å². The highest BCUT2D eigenvalue weighted by Crippen LogP contribution is 2.22. The molecule has 6 heteroatoms. The van der Waals surface area contributed by atoms with E-state index in [4.69, 9.17) is 11.6 Å². The molecule has 3 aromatic rings. The van der Waals surface area contributed by atoms with Gasteiger partial charge in [0.05, 0.1) is 11.1 Å². The summed E-state index contributed by atoms with van der Waals surface area (Å²) in [6, 6.07) is 11.6. The fraction of sp³-hybridized carbons (Fsp3) is 0.158. The van der Waals surface area contributed by atoms with E-state index in [0.717, 1.165) is 11.4 Å². The first-order chi connectivity index (χ1) is 12.0. The van der Waals surface area contributed by atoms with Crippen molar-refractivity contribution in [3.63, 3.8) is 0 Å². The highest BCUT2D eigenvalue weighted by Gasteiger charge is 2.11. The second kappa shape index (κ2) is 7.07. The van der Waals surface area contributed by atoms with Crippen LogP contribution in [0.2, 0.25) is 5.02 Å². The lowest BCUT2D eigenvalue weighted by Gasteiger charge is -2.16. The van der Waals surface area contributed by atoms with Crippen molar-refractivity contribution in [3.8, 4) is 0 Å². The van der Waals surface area contributed by atoms with Gasteiger partial charge in [0, 0.05) is 23.6 Å². The average molecular weight is 358 g/mol. The van der Waals surface area contributed by atoms with Crippen LogP contribution in [0.15, 0.2) is 54.9 Å². The van der Waals surface area contributed by atoms with Crippen molar-refractivity contribution in [2.24, 2.45) is 0 Å². The third-order valence-corrected chi connectivity index (χ3v) is 4.40. The normalized spacial score (nSPS) is 12.0. The Morgan fingerprint density at radius 2 is 1.96 bits per heavy atom. The van der Waals surface area contributed by atoms with Crippen LogP contribution in [0.25, 0.3) is 0 Å². The van der Waals surface area contributed by atoms with Crippen LogP contribution in [-0.4, -0.2) is 15.5 Å². The smallest absolute Gasteiger partial charge is 0.255 e. The zero-order chi connectivity index (χ0) is 18.0. The van der Waals surface area contributed by atoms with E-state index in [1.54, 1.807) is 6.20 Å². The first-order valence-corrected chi connectivity index (χ1v) is 8.19. The van der Waals surface area contributed by atoms with Crippen molar-refractivity contribution >= 4 is 23.2 Å². The zero-order valence-electron chi connectivity index (χ0n) is 13.8. The minimum absolute atomic E-state index is 0.0764. The lowest BCUT2D eigenvalue weighted by molar-refractivity contribution is 0.102. The van der Waals surface area contributed by atoms with Crippen molar-refractivity contribution in [1.82, 2.24) is 9.55 Å². The molecule has 0 unspecified atom stereocenters. The van der Waals surface area contributed by atoms with Gasteiger partial charge < -0.3 is 9.88 Å². The highest BCUT2D eigenvalue weighted by molar-refractivity contribution is 6.31. The fourth-order valence-corrected chi connectivity index (χ4v) is 2.82. The minimum Gasteiger partial charge on any atom is -0.328 e. The van der Waals surface area contributed by atoms with Crippen LogP contribution < -0.4 is 5.32 Å². The topological polar surface area (TPSA) is 46.9 Å². The summed E-state index contributed by atoms with van der Waals surface area (Å²) in [6.45, 7) is 4.04. The van der Waals surface area contributed by atoms with Gasteiger partial charge in [0.1, 0.15) is 11.6 Å². The Labute approximate surface area is 150 Å². The molecule has 0 fully saturated rings. The Balaban J connectivity index is 1.73. The predicted octanol–water partition coefficient (Wildman–Crippen LogP) is 4.85. The molecule has 25 heavy (non-hydrogen) atoms. The van der Waals surface area contributed by atoms with Gasteiger partial charge in [-0.1, -0.05) is 23.7 Å². The quantitative estimate of drug-likeness (QED) is 0.725. The maximum absolute atomic E-state index is 13.2. The number of aryl methyl sites for hydroxylation is 1.